The van der Waals surface area contributed by atoms with Gasteiger partial charge in [0, 0.05) is 36.2 Å². The smallest absolute Gasteiger partial charge is 0.394 e. The number of benzene rings is 1. The second-order valence-corrected chi connectivity index (χ2v) is 11.6. The molecule has 0 aliphatic carbocycles. The predicted octanol–water partition coefficient (Wildman–Crippen LogP) is 3.73. The maximum absolute atomic E-state index is 13.6. The molecule has 0 fully saturated rings. The van der Waals surface area contributed by atoms with E-state index >= 15 is 0 Å². The zero-order valence-electron chi connectivity index (χ0n) is 22.8. The summed E-state index contributed by atoms with van der Waals surface area (Å²) in [6.45, 7) is 0.446. The van der Waals surface area contributed by atoms with E-state index in [1.54, 1.807) is 24.3 Å². The Bertz CT molecular complexity index is 1820. The van der Waals surface area contributed by atoms with Crippen molar-refractivity contribution in [1.82, 2.24) is 19.3 Å². The molecule has 0 unspecified atom stereocenters. The van der Waals surface area contributed by atoms with Crippen LogP contribution in [0.1, 0.15) is 17.0 Å². The van der Waals surface area contributed by atoms with Crippen LogP contribution in [-0.4, -0.2) is 67.9 Å². The molecule has 41 heavy (non-hydrogen) atoms. The van der Waals surface area contributed by atoms with Gasteiger partial charge in [-0.1, -0.05) is 12.0 Å². The highest BCUT2D eigenvalue weighted by atomic mass is 32.2. The van der Waals surface area contributed by atoms with Crippen molar-refractivity contribution in [2.45, 2.75) is 24.0 Å². The molecule has 216 valence electrons. The topological polar surface area (TPSA) is 109 Å². The van der Waals surface area contributed by atoms with Crippen molar-refractivity contribution in [3.05, 3.63) is 76.0 Å². The van der Waals surface area contributed by atoms with E-state index in [4.69, 9.17) is 4.74 Å². The van der Waals surface area contributed by atoms with Crippen molar-refractivity contribution in [2.75, 3.05) is 39.3 Å². The number of halogens is 3. The van der Waals surface area contributed by atoms with Gasteiger partial charge in [-0.15, -0.1) is 0 Å². The quantitative estimate of drug-likeness (QED) is 0.303. The fourth-order valence-corrected chi connectivity index (χ4v) is 4.86. The Labute approximate surface area is 234 Å². The fourth-order valence-electron chi connectivity index (χ4n) is 4.23. The lowest BCUT2D eigenvalue weighted by molar-refractivity contribution is -0.128. The van der Waals surface area contributed by atoms with Crippen molar-refractivity contribution in [3.63, 3.8) is 0 Å². The third-order valence-electron chi connectivity index (χ3n) is 6.06. The Morgan fingerprint density at radius 2 is 1.93 bits per heavy atom. The largest absolute Gasteiger partial charge is 0.495 e. The summed E-state index contributed by atoms with van der Waals surface area (Å²) in [5.74, 6) is 5.79. The van der Waals surface area contributed by atoms with Crippen molar-refractivity contribution >= 4 is 21.2 Å². The van der Waals surface area contributed by atoms with E-state index in [1.165, 1.54) is 35.9 Å². The molecule has 0 saturated heterocycles. The van der Waals surface area contributed by atoms with Crippen LogP contribution in [0.5, 0.6) is 5.75 Å². The first-order valence-corrected chi connectivity index (χ1v) is 14.2. The minimum atomic E-state index is -4.52. The first kappa shape index (κ1) is 29.7. The van der Waals surface area contributed by atoms with E-state index in [0.29, 0.717) is 29.1 Å². The Morgan fingerprint density at radius 1 is 1.17 bits per heavy atom. The Balaban J connectivity index is 1.69. The monoisotopic (exact) mass is 587 g/mol. The number of methoxy groups -OCH3 is 1. The molecule has 3 heterocycles. The molecule has 0 spiro atoms. The second kappa shape index (κ2) is 11.7. The van der Waals surface area contributed by atoms with Gasteiger partial charge in [0.1, 0.15) is 17.1 Å². The number of ether oxygens (including phenoxy) is 1. The first-order chi connectivity index (χ1) is 19.3. The van der Waals surface area contributed by atoms with Crippen LogP contribution in [0.3, 0.4) is 0 Å². The van der Waals surface area contributed by atoms with Crippen LogP contribution in [0, 0.1) is 11.8 Å². The zero-order valence-corrected chi connectivity index (χ0v) is 23.6. The maximum atomic E-state index is 13.6. The number of alkyl halides is 3. The van der Waals surface area contributed by atoms with Crippen LogP contribution in [0.4, 0.5) is 18.9 Å². The average Bonchev–Trinajstić information content (AvgIpc) is 3.22. The number of hydrogen-bond acceptors (Lipinski definition) is 7. The number of nitrogens with zero attached hydrogens (tertiary/aromatic N) is 3. The van der Waals surface area contributed by atoms with Crippen molar-refractivity contribution in [3.8, 4) is 28.8 Å². The number of sulfone groups is 1. The van der Waals surface area contributed by atoms with Gasteiger partial charge in [-0.05, 0) is 50.3 Å². The molecule has 3 aromatic heterocycles. The third kappa shape index (κ3) is 7.08. The van der Waals surface area contributed by atoms with Crippen LogP contribution < -0.4 is 15.6 Å². The molecule has 2 N–H and O–H groups in total. The fraction of sp³-hybridized carbons (Fsp3) is 0.286. The number of rotatable bonds is 8. The Kier molecular flexibility index (Phi) is 8.46. The number of nitrogens with one attached hydrogen (secondary N) is 2. The maximum Gasteiger partial charge on any atom is 0.394 e. The summed E-state index contributed by atoms with van der Waals surface area (Å²) in [7, 11) is 1.62. The number of imidazole rings is 1. The minimum Gasteiger partial charge on any atom is -0.495 e. The minimum absolute atomic E-state index is 0.0153. The summed E-state index contributed by atoms with van der Waals surface area (Å²) in [6, 6.07) is 10.9. The highest BCUT2D eigenvalue weighted by Crippen LogP contribution is 2.29. The van der Waals surface area contributed by atoms with E-state index in [9.17, 15) is 26.4 Å². The van der Waals surface area contributed by atoms with Gasteiger partial charge in [-0.2, -0.15) is 13.2 Å². The summed E-state index contributed by atoms with van der Waals surface area (Å²) in [5.41, 5.74) is 1.61. The summed E-state index contributed by atoms with van der Waals surface area (Å²) in [5, 5.41) is 2.98. The van der Waals surface area contributed by atoms with Crippen molar-refractivity contribution < 1.29 is 26.3 Å². The van der Waals surface area contributed by atoms with Gasteiger partial charge in [0.15, 0.2) is 9.84 Å². The Hall–Kier alpha value is -4.28. The number of anilines is 1. The molecule has 0 atom stereocenters. The van der Waals surface area contributed by atoms with E-state index in [2.05, 4.69) is 27.1 Å². The zero-order chi connectivity index (χ0) is 29.9. The lowest BCUT2D eigenvalue weighted by atomic mass is 10.1. The van der Waals surface area contributed by atoms with E-state index in [1.807, 2.05) is 19.0 Å². The number of hydrogen-bond donors (Lipinski definition) is 2. The van der Waals surface area contributed by atoms with Crippen molar-refractivity contribution in [2.24, 2.45) is 0 Å². The number of aromatic amines is 1. The van der Waals surface area contributed by atoms with Crippen LogP contribution in [-0.2, 0) is 22.8 Å². The standard InChI is InChI=1S/C28H28F3N5O4S/c1-35(2)17-18-9-11-21(34-27(18)37)20-7-6-14-36-24(16-28(29,30)31)22(33-26(20)36)8-5-13-32-23-12-10-19(41(4,38)39)15-25(23)40-3/h6-7,9-12,14-15,32H,13,16-17H2,1-4H3,(H,34,37). The predicted molar refractivity (Wildman–Crippen MR) is 150 cm³/mol. The summed E-state index contributed by atoms with van der Waals surface area (Å²) in [4.78, 5) is 21.8. The molecule has 1 aromatic carbocycles. The number of aromatic nitrogens is 3. The van der Waals surface area contributed by atoms with Gasteiger partial charge in [-0.25, -0.2) is 13.4 Å². The molecule has 4 aromatic rings. The van der Waals surface area contributed by atoms with Crippen LogP contribution >= 0.6 is 0 Å². The average molecular weight is 588 g/mol. The number of fused-ring (bicyclic) bond motifs is 1. The molecule has 0 radical (unpaired) electrons. The summed E-state index contributed by atoms with van der Waals surface area (Å²) < 4.78 is 70.9. The first-order valence-electron chi connectivity index (χ1n) is 12.3. The summed E-state index contributed by atoms with van der Waals surface area (Å²) in [6.07, 6.45) is -3.22. The van der Waals surface area contributed by atoms with E-state index in [0.717, 1.165) is 6.26 Å². The van der Waals surface area contributed by atoms with Crippen LogP contribution in [0.25, 0.3) is 16.9 Å². The van der Waals surface area contributed by atoms with Gasteiger partial charge >= 0.3 is 6.18 Å². The van der Waals surface area contributed by atoms with Gasteiger partial charge in [-0.3, -0.25) is 4.79 Å². The van der Waals surface area contributed by atoms with Gasteiger partial charge < -0.3 is 24.3 Å². The normalized spacial score (nSPS) is 11.9. The molecule has 9 nitrogen and oxygen atoms in total. The SMILES string of the molecule is COc1cc(S(C)(=O)=O)ccc1NCC#Cc1nc2c(-c3ccc(CN(C)C)c(=O)[nH]3)cccn2c1CC(F)(F)F. The highest BCUT2D eigenvalue weighted by Gasteiger charge is 2.31. The molecule has 0 saturated carbocycles. The van der Waals surface area contributed by atoms with E-state index < -0.39 is 22.4 Å². The van der Waals surface area contributed by atoms with E-state index in [-0.39, 0.29) is 39.8 Å². The molecule has 13 heteroatoms. The van der Waals surface area contributed by atoms with Gasteiger partial charge in [0.05, 0.1) is 42.0 Å². The summed E-state index contributed by atoms with van der Waals surface area (Å²) >= 11 is 0. The number of H-pyrrole nitrogens is 1. The molecule has 0 bridgehead atoms. The van der Waals surface area contributed by atoms with Gasteiger partial charge in [0.2, 0.25) is 0 Å². The van der Waals surface area contributed by atoms with Crippen molar-refractivity contribution in [1.29, 1.82) is 0 Å². The molecule has 4 rings (SSSR count). The Morgan fingerprint density at radius 3 is 2.56 bits per heavy atom. The molecular formula is C28H28F3N5O4S. The van der Waals surface area contributed by atoms with Crippen LogP contribution in [0.15, 0.2) is 58.4 Å². The lowest BCUT2D eigenvalue weighted by Gasteiger charge is -2.10. The second-order valence-electron chi connectivity index (χ2n) is 9.57. The molecule has 0 aliphatic rings. The highest BCUT2D eigenvalue weighted by molar-refractivity contribution is 7.90. The molecule has 0 aliphatic heterocycles. The third-order valence-corrected chi connectivity index (χ3v) is 7.17. The molecule has 0 amide bonds. The molecular weight excluding hydrogens is 559 g/mol. The lowest BCUT2D eigenvalue weighted by Crippen LogP contribution is -2.20. The van der Waals surface area contributed by atoms with Gasteiger partial charge in [0.25, 0.3) is 5.56 Å². The number of pyridine rings is 2. The van der Waals surface area contributed by atoms with Crippen LogP contribution in [0.2, 0.25) is 0 Å².